The van der Waals surface area contributed by atoms with Crippen LogP contribution in [-0.2, 0) is 9.59 Å². The molecular formula is C19H26ClN3O2. The third-order valence-corrected chi connectivity index (χ3v) is 5.56. The Bertz CT molecular complexity index is 616. The number of piperazine rings is 1. The van der Waals surface area contributed by atoms with Crippen molar-refractivity contribution >= 4 is 23.4 Å². The molecule has 6 heteroatoms. The molecule has 0 spiro atoms. The molecule has 1 saturated carbocycles. The van der Waals surface area contributed by atoms with Crippen molar-refractivity contribution in [1.82, 2.24) is 15.5 Å². The Labute approximate surface area is 154 Å². The second-order valence-corrected chi connectivity index (χ2v) is 7.29. The van der Waals surface area contributed by atoms with Crippen LogP contribution in [0, 0.1) is 5.92 Å². The highest BCUT2D eigenvalue weighted by Crippen LogP contribution is 2.28. The summed E-state index contributed by atoms with van der Waals surface area (Å²) in [7, 11) is 0. The fourth-order valence-corrected chi connectivity index (χ4v) is 4.06. The molecule has 2 amide bonds. The molecule has 1 atom stereocenters. The van der Waals surface area contributed by atoms with E-state index >= 15 is 0 Å². The van der Waals surface area contributed by atoms with Gasteiger partial charge in [0.25, 0.3) is 0 Å². The van der Waals surface area contributed by atoms with Crippen molar-refractivity contribution in [2.45, 2.75) is 38.1 Å². The van der Waals surface area contributed by atoms with Gasteiger partial charge in [0, 0.05) is 30.6 Å². The van der Waals surface area contributed by atoms with E-state index in [1.165, 1.54) is 6.42 Å². The zero-order valence-corrected chi connectivity index (χ0v) is 15.2. The Morgan fingerprint density at radius 2 is 1.96 bits per heavy atom. The quantitative estimate of drug-likeness (QED) is 0.864. The Kier molecular flexibility index (Phi) is 6.32. The van der Waals surface area contributed by atoms with Crippen LogP contribution in [0.25, 0.3) is 0 Å². The van der Waals surface area contributed by atoms with Gasteiger partial charge in [-0.15, -0.1) is 0 Å². The van der Waals surface area contributed by atoms with Gasteiger partial charge in [0.15, 0.2) is 0 Å². The molecule has 1 aliphatic heterocycles. The van der Waals surface area contributed by atoms with Crippen LogP contribution in [0.1, 0.15) is 43.7 Å². The lowest BCUT2D eigenvalue weighted by atomic mass is 9.89. The summed E-state index contributed by atoms with van der Waals surface area (Å²) < 4.78 is 0. The van der Waals surface area contributed by atoms with Crippen molar-refractivity contribution in [2.75, 3.05) is 26.2 Å². The summed E-state index contributed by atoms with van der Waals surface area (Å²) in [6.07, 6.45) is 5.31. The van der Waals surface area contributed by atoms with Gasteiger partial charge in [0.05, 0.1) is 12.6 Å². The van der Waals surface area contributed by atoms with Gasteiger partial charge in [-0.1, -0.05) is 49.1 Å². The van der Waals surface area contributed by atoms with E-state index < -0.39 is 0 Å². The minimum absolute atomic E-state index is 0.0254. The molecule has 5 nitrogen and oxygen atoms in total. The van der Waals surface area contributed by atoms with Crippen LogP contribution in [0.15, 0.2) is 24.3 Å². The molecule has 136 valence electrons. The molecule has 0 radical (unpaired) electrons. The first-order valence-electron chi connectivity index (χ1n) is 9.19. The maximum absolute atomic E-state index is 12.7. The molecule has 1 aliphatic carbocycles. The zero-order valence-electron chi connectivity index (χ0n) is 14.5. The number of benzene rings is 1. The lowest BCUT2D eigenvalue weighted by molar-refractivity contribution is -0.136. The average molecular weight is 364 g/mol. The first kappa shape index (κ1) is 18.2. The highest BCUT2D eigenvalue weighted by atomic mass is 35.5. The molecule has 0 bridgehead atoms. The van der Waals surface area contributed by atoms with E-state index in [9.17, 15) is 9.59 Å². The Morgan fingerprint density at radius 3 is 2.72 bits per heavy atom. The molecule has 1 unspecified atom stereocenters. The van der Waals surface area contributed by atoms with Crippen molar-refractivity contribution in [3.63, 3.8) is 0 Å². The van der Waals surface area contributed by atoms with E-state index in [0.29, 0.717) is 18.1 Å². The van der Waals surface area contributed by atoms with Crippen molar-refractivity contribution in [1.29, 1.82) is 0 Å². The second kappa shape index (κ2) is 8.68. The van der Waals surface area contributed by atoms with Crippen LogP contribution in [-0.4, -0.2) is 42.9 Å². The van der Waals surface area contributed by atoms with Crippen LogP contribution in [0.4, 0.5) is 0 Å². The van der Waals surface area contributed by atoms with Gasteiger partial charge in [-0.05, 0) is 24.5 Å². The molecule has 1 aromatic rings. The normalized spacial score (nSPS) is 21.8. The Hall–Kier alpha value is -1.59. The number of halogens is 1. The number of rotatable bonds is 4. The molecule has 1 heterocycles. The maximum Gasteiger partial charge on any atom is 0.242 e. The van der Waals surface area contributed by atoms with Crippen LogP contribution in [0.3, 0.4) is 0 Å². The monoisotopic (exact) mass is 363 g/mol. The second-order valence-electron chi connectivity index (χ2n) is 6.88. The van der Waals surface area contributed by atoms with Gasteiger partial charge < -0.3 is 15.5 Å². The Balaban J connectivity index is 1.61. The van der Waals surface area contributed by atoms with E-state index in [4.69, 9.17) is 11.6 Å². The third-order valence-electron chi connectivity index (χ3n) is 5.22. The Morgan fingerprint density at radius 1 is 1.20 bits per heavy atom. The fourth-order valence-electron chi connectivity index (χ4n) is 3.80. The lowest BCUT2D eigenvalue weighted by Crippen LogP contribution is -2.51. The zero-order chi connectivity index (χ0) is 17.6. The summed E-state index contributed by atoms with van der Waals surface area (Å²) in [6.45, 7) is 2.11. The first-order chi connectivity index (χ1) is 12.2. The molecule has 2 aliphatic rings. The van der Waals surface area contributed by atoms with E-state index in [-0.39, 0.29) is 30.3 Å². The number of nitrogens with zero attached hydrogens (tertiary/aromatic N) is 1. The van der Waals surface area contributed by atoms with Crippen molar-refractivity contribution < 1.29 is 9.59 Å². The van der Waals surface area contributed by atoms with Crippen LogP contribution in [0.5, 0.6) is 0 Å². The van der Waals surface area contributed by atoms with Crippen LogP contribution >= 0.6 is 11.6 Å². The highest BCUT2D eigenvalue weighted by molar-refractivity contribution is 6.31. The van der Waals surface area contributed by atoms with Gasteiger partial charge in [-0.3, -0.25) is 9.59 Å². The number of carbonyl (C=O) groups is 2. The van der Waals surface area contributed by atoms with Crippen LogP contribution < -0.4 is 10.6 Å². The smallest absolute Gasteiger partial charge is 0.242 e. The minimum atomic E-state index is -0.0958. The largest absolute Gasteiger partial charge is 0.347 e. The number of amides is 2. The predicted octanol–water partition coefficient (Wildman–Crippen LogP) is 2.51. The summed E-state index contributed by atoms with van der Waals surface area (Å²) in [4.78, 5) is 26.8. The molecule has 2 N–H and O–H groups in total. The third kappa shape index (κ3) is 4.53. The van der Waals surface area contributed by atoms with Gasteiger partial charge in [-0.2, -0.15) is 0 Å². The summed E-state index contributed by atoms with van der Waals surface area (Å²) in [5.41, 5.74) is 0.948. The van der Waals surface area contributed by atoms with Gasteiger partial charge >= 0.3 is 0 Å². The summed E-state index contributed by atoms with van der Waals surface area (Å²) in [5, 5.41) is 6.84. The average Bonchev–Trinajstić information content (AvgIpc) is 2.67. The topological polar surface area (TPSA) is 61.4 Å². The molecule has 2 fully saturated rings. The number of carbonyl (C=O) groups excluding carboxylic acids is 2. The predicted molar refractivity (Wildman–Crippen MR) is 98.4 cm³/mol. The highest BCUT2D eigenvalue weighted by Gasteiger charge is 2.29. The number of nitrogens with one attached hydrogen (secondary N) is 2. The molecule has 0 aromatic heterocycles. The van der Waals surface area contributed by atoms with Crippen LogP contribution in [0.2, 0.25) is 5.02 Å². The van der Waals surface area contributed by atoms with E-state index in [1.54, 1.807) is 0 Å². The van der Waals surface area contributed by atoms with Crippen molar-refractivity contribution in [3.8, 4) is 0 Å². The van der Waals surface area contributed by atoms with Crippen molar-refractivity contribution in [3.05, 3.63) is 34.9 Å². The molecule has 1 saturated heterocycles. The van der Waals surface area contributed by atoms with E-state index in [2.05, 4.69) is 10.6 Å². The van der Waals surface area contributed by atoms with Gasteiger partial charge in [-0.25, -0.2) is 0 Å². The fraction of sp³-hybridized carbons (Fsp3) is 0.579. The van der Waals surface area contributed by atoms with E-state index in [0.717, 1.165) is 37.8 Å². The number of hydrogen-bond donors (Lipinski definition) is 2. The summed E-state index contributed by atoms with van der Waals surface area (Å²) in [5.74, 6) is 0.0528. The minimum Gasteiger partial charge on any atom is -0.347 e. The summed E-state index contributed by atoms with van der Waals surface area (Å²) >= 11 is 6.32. The maximum atomic E-state index is 12.7. The molecule has 25 heavy (non-hydrogen) atoms. The summed E-state index contributed by atoms with van der Waals surface area (Å²) in [6, 6.07) is 7.53. The van der Waals surface area contributed by atoms with Crippen molar-refractivity contribution in [2.24, 2.45) is 5.92 Å². The van der Waals surface area contributed by atoms with E-state index in [1.807, 2.05) is 29.2 Å². The lowest BCUT2D eigenvalue weighted by Gasteiger charge is -2.37. The SMILES string of the molecule is O=C(NCC(=O)N1CCNCC1c1ccccc1Cl)C1CCCCC1. The van der Waals surface area contributed by atoms with Gasteiger partial charge in [0.2, 0.25) is 11.8 Å². The standard InChI is InChI=1S/C19H26ClN3O2/c20-16-9-5-4-8-15(16)17-12-21-10-11-23(17)18(24)13-22-19(25)14-6-2-1-3-7-14/h4-5,8-9,14,17,21H,1-3,6-7,10-13H2,(H,22,25). The first-order valence-corrected chi connectivity index (χ1v) is 9.57. The van der Waals surface area contributed by atoms with Gasteiger partial charge in [0.1, 0.15) is 0 Å². The molecular weight excluding hydrogens is 338 g/mol. The number of hydrogen-bond acceptors (Lipinski definition) is 3. The molecule has 3 rings (SSSR count). The molecule has 1 aromatic carbocycles.